The zero-order chi connectivity index (χ0) is 14.3. The Kier molecular flexibility index (Phi) is 7.34. The van der Waals surface area contributed by atoms with Crippen molar-refractivity contribution in [1.82, 2.24) is 10.2 Å². The van der Waals surface area contributed by atoms with Crippen LogP contribution in [0.5, 0.6) is 0 Å². The number of ether oxygens (including phenoxy) is 1. The maximum Gasteiger partial charge on any atom is 0.234 e. The van der Waals surface area contributed by atoms with E-state index >= 15 is 0 Å². The molecule has 1 unspecified atom stereocenters. The molecular formula is C14H29N3O2. The standard InChI is InChI=1S/C14H29N3O2/c1-11(2)16-13(14(15)18)6-9-17-7-4-12(5-8-17)10-19-3/h11-13,16H,4-10H2,1-3H3,(H2,15,18). The van der Waals surface area contributed by atoms with Crippen molar-refractivity contribution in [3.05, 3.63) is 0 Å². The second kappa shape index (κ2) is 8.51. The van der Waals surface area contributed by atoms with E-state index in [1.807, 2.05) is 13.8 Å². The van der Waals surface area contributed by atoms with E-state index < -0.39 is 0 Å². The minimum absolute atomic E-state index is 0.211. The Morgan fingerprint density at radius 2 is 2.05 bits per heavy atom. The molecule has 0 aromatic carbocycles. The molecule has 0 aromatic heterocycles. The number of carbonyl (C=O) groups excluding carboxylic acids is 1. The molecule has 1 atom stereocenters. The molecule has 3 N–H and O–H groups in total. The average molecular weight is 271 g/mol. The van der Waals surface area contributed by atoms with Crippen LogP contribution in [0.3, 0.4) is 0 Å². The first-order valence-corrected chi connectivity index (χ1v) is 7.29. The first kappa shape index (κ1) is 16.4. The van der Waals surface area contributed by atoms with Gasteiger partial charge in [-0.15, -0.1) is 0 Å². The van der Waals surface area contributed by atoms with Crippen molar-refractivity contribution in [1.29, 1.82) is 0 Å². The molecule has 0 spiro atoms. The highest BCUT2D eigenvalue weighted by molar-refractivity contribution is 5.79. The maximum absolute atomic E-state index is 11.4. The van der Waals surface area contributed by atoms with Gasteiger partial charge in [-0.3, -0.25) is 4.79 Å². The van der Waals surface area contributed by atoms with E-state index in [4.69, 9.17) is 10.5 Å². The smallest absolute Gasteiger partial charge is 0.234 e. The van der Waals surface area contributed by atoms with Crippen molar-refractivity contribution in [2.24, 2.45) is 11.7 Å². The van der Waals surface area contributed by atoms with Crippen molar-refractivity contribution in [2.75, 3.05) is 33.4 Å². The van der Waals surface area contributed by atoms with Gasteiger partial charge in [0.15, 0.2) is 0 Å². The van der Waals surface area contributed by atoms with Crippen LogP contribution < -0.4 is 11.1 Å². The Hall–Kier alpha value is -0.650. The molecule has 5 nitrogen and oxygen atoms in total. The number of nitrogens with zero attached hydrogens (tertiary/aromatic N) is 1. The largest absolute Gasteiger partial charge is 0.384 e. The van der Waals surface area contributed by atoms with Crippen molar-refractivity contribution >= 4 is 5.91 Å². The lowest BCUT2D eigenvalue weighted by atomic mass is 9.97. The molecular weight excluding hydrogens is 242 g/mol. The number of hydrogen-bond acceptors (Lipinski definition) is 4. The lowest BCUT2D eigenvalue weighted by Gasteiger charge is -2.32. The zero-order valence-electron chi connectivity index (χ0n) is 12.5. The minimum Gasteiger partial charge on any atom is -0.384 e. The number of nitrogens with one attached hydrogen (secondary N) is 1. The number of piperidine rings is 1. The van der Waals surface area contributed by atoms with Crippen LogP contribution in [0.4, 0.5) is 0 Å². The van der Waals surface area contributed by atoms with E-state index in [2.05, 4.69) is 10.2 Å². The van der Waals surface area contributed by atoms with Gasteiger partial charge in [0.2, 0.25) is 5.91 Å². The molecule has 0 radical (unpaired) electrons. The van der Waals surface area contributed by atoms with Gasteiger partial charge in [0.1, 0.15) is 0 Å². The molecule has 1 amide bonds. The highest BCUT2D eigenvalue weighted by atomic mass is 16.5. The SMILES string of the molecule is COCC1CCN(CCC(NC(C)C)C(N)=O)CC1. The quantitative estimate of drug-likeness (QED) is 0.678. The Bertz CT molecular complexity index is 263. The molecule has 0 saturated carbocycles. The summed E-state index contributed by atoms with van der Waals surface area (Å²) in [6.45, 7) is 8.07. The van der Waals surface area contributed by atoms with Crippen LogP contribution in [0.2, 0.25) is 0 Å². The Balaban J connectivity index is 2.26. The summed E-state index contributed by atoms with van der Waals surface area (Å²) in [5.41, 5.74) is 5.43. The van der Waals surface area contributed by atoms with Gasteiger partial charge in [0.25, 0.3) is 0 Å². The normalized spacial score (nSPS) is 19.8. The molecule has 0 bridgehead atoms. The topological polar surface area (TPSA) is 67.6 Å². The second-order valence-corrected chi connectivity index (χ2v) is 5.81. The predicted octanol–water partition coefficient (Wildman–Crippen LogP) is 0.587. The van der Waals surface area contributed by atoms with E-state index in [1.165, 1.54) is 12.8 Å². The fourth-order valence-electron chi connectivity index (χ4n) is 2.63. The summed E-state index contributed by atoms with van der Waals surface area (Å²) in [6, 6.07) is 0.0710. The van der Waals surface area contributed by atoms with E-state index in [9.17, 15) is 4.79 Å². The third kappa shape index (κ3) is 6.36. The third-order valence-electron chi connectivity index (χ3n) is 3.72. The molecule has 1 aliphatic heterocycles. The number of nitrogens with two attached hydrogens (primary N) is 1. The number of carbonyl (C=O) groups is 1. The van der Waals surface area contributed by atoms with E-state index in [0.717, 1.165) is 32.7 Å². The van der Waals surface area contributed by atoms with Crippen molar-refractivity contribution in [2.45, 2.75) is 45.2 Å². The van der Waals surface area contributed by atoms with Crippen molar-refractivity contribution < 1.29 is 9.53 Å². The molecule has 0 aliphatic carbocycles. The van der Waals surface area contributed by atoms with Crippen LogP contribution in [-0.2, 0) is 9.53 Å². The number of rotatable bonds is 8. The highest BCUT2D eigenvalue weighted by Gasteiger charge is 2.21. The van der Waals surface area contributed by atoms with Crippen LogP contribution in [0, 0.1) is 5.92 Å². The summed E-state index contributed by atoms with van der Waals surface area (Å²) >= 11 is 0. The molecule has 112 valence electrons. The average Bonchev–Trinajstić information content (AvgIpc) is 2.36. The van der Waals surface area contributed by atoms with Gasteiger partial charge in [0, 0.05) is 26.3 Å². The van der Waals surface area contributed by atoms with Crippen LogP contribution in [0.15, 0.2) is 0 Å². The highest BCUT2D eigenvalue weighted by Crippen LogP contribution is 2.17. The maximum atomic E-state index is 11.4. The fourth-order valence-corrected chi connectivity index (χ4v) is 2.63. The Labute approximate surface area is 116 Å². The van der Waals surface area contributed by atoms with Gasteiger partial charge in [0.05, 0.1) is 6.04 Å². The van der Waals surface area contributed by atoms with Crippen LogP contribution in [0.1, 0.15) is 33.1 Å². The van der Waals surface area contributed by atoms with E-state index in [0.29, 0.717) is 5.92 Å². The molecule has 1 rings (SSSR count). The lowest BCUT2D eigenvalue weighted by molar-refractivity contribution is -0.120. The molecule has 19 heavy (non-hydrogen) atoms. The van der Waals surface area contributed by atoms with E-state index in [1.54, 1.807) is 7.11 Å². The summed E-state index contributed by atoms with van der Waals surface area (Å²) in [6.07, 6.45) is 3.17. The fraction of sp³-hybridized carbons (Fsp3) is 0.929. The van der Waals surface area contributed by atoms with Gasteiger partial charge in [-0.05, 0) is 38.3 Å². The Morgan fingerprint density at radius 3 is 2.53 bits per heavy atom. The zero-order valence-corrected chi connectivity index (χ0v) is 12.5. The summed E-state index contributed by atoms with van der Waals surface area (Å²) < 4.78 is 5.20. The molecule has 1 fully saturated rings. The molecule has 1 heterocycles. The number of methoxy groups -OCH3 is 1. The summed E-state index contributed by atoms with van der Waals surface area (Å²) in [5.74, 6) is 0.449. The van der Waals surface area contributed by atoms with Crippen LogP contribution in [-0.4, -0.2) is 56.2 Å². The molecule has 0 aromatic rings. The summed E-state index contributed by atoms with van der Waals surface area (Å²) in [4.78, 5) is 13.8. The first-order chi connectivity index (χ1) is 9.02. The summed E-state index contributed by atoms with van der Waals surface area (Å²) in [7, 11) is 1.77. The van der Waals surface area contributed by atoms with Gasteiger partial charge in [-0.2, -0.15) is 0 Å². The van der Waals surface area contributed by atoms with Gasteiger partial charge >= 0.3 is 0 Å². The van der Waals surface area contributed by atoms with Gasteiger partial charge < -0.3 is 20.7 Å². The van der Waals surface area contributed by atoms with Crippen LogP contribution >= 0.6 is 0 Å². The lowest BCUT2D eigenvalue weighted by Crippen LogP contribution is -2.47. The number of likely N-dealkylation sites (tertiary alicyclic amines) is 1. The summed E-state index contributed by atoms with van der Waals surface area (Å²) in [5, 5.41) is 3.23. The minimum atomic E-state index is -0.247. The number of primary amides is 1. The first-order valence-electron chi connectivity index (χ1n) is 7.29. The van der Waals surface area contributed by atoms with Crippen molar-refractivity contribution in [3.63, 3.8) is 0 Å². The predicted molar refractivity (Wildman–Crippen MR) is 76.9 cm³/mol. The monoisotopic (exact) mass is 271 g/mol. The number of amides is 1. The van der Waals surface area contributed by atoms with Crippen LogP contribution in [0.25, 0.3) is 0 Å². The van der Waals surface area contributed by atoms with Gasteiger partial charge in [-0.25, -0.2) is 0 Å². The number of hydrogen-bond donors (Lipinski definition) is 2. The molecule has 5 heteroatoms. The third-order valence-corrected chi connectivity index (χ3v) is 3.72. The second-order valence-electron chi connectivity index (χ2n) is 5.81. The van der Waals surface area contributed by atoms with Gasteiger partial charge in [-0.1, -0.05) is 13.8 Å². The van der Waals surface area contributed by atoms with E-state index in [-0.39, 0.29) is 18.0 Å². The Morgan fingerprint density at radius 1 is 1.42 bits per heavy atom. The molecule has 1 saturated heterocycles. The molecule has 1 aliphatic rings. The van der Waals surface area contributed by atoms with Crippen molar-refractivity contribution in [3.8, 4) is 0 Å².